The average Bonchev–Trinajstić information content (AvgIpc) is 3.21. The molecule has 3 aromatic rings. The number of piperazine rings is 1. The van der Waals surface area contributed by atoms with Crippen molar-refractivity contribution in [2.45, 2.75) is 55.6 Å². The summed E-state index contributed by atoms with van der Waals surface area (Å²) >= 11 is 0.639. The Bertz CT molecular complexity index is 1580. The molecule has 0 amide bonds. The second-order valence-electron chi connectivity index (χ2n) is 9.86. The lowest BCUT2D eigenvalue weighted by Gasteiger charge is -2.44. The van der Waals surface area contributed by atoms with Crippen LogP contribution in [0.5, 0.6) is 0 Å². The SMILES string of the molecule is C[C@H]1CN(c2cc(S(=O)(=O)NC3(CF)CC3)cn3c(-c4nnc(C(F)F)s4)ncc23)C[C@H](C)N1S(C)(=O)=O. The van der Waals surface area contributed by atoms with Crippen LogP contribution >= 0.6 is 11.3 Å². The summed E-state index contributed by atoms with van der Waals surface area (Å²) in [7, 11) is -7.67. The molecule has 0 bridgehead atoms. The summed E-state index contributed by atoms with van der Waals surface area (Å²) in [5.41, 5.74) is -0.227. The molecule has 0 unspecified atom stereocenters. The van der Waals surface area contributed by atoms with Crippen molar-refractivity contribution in [3.63, 3.8) is 0 Å². The number of imidazole rings is 1. The first kappa shape index (κ1) is 27.2. The van der Waals surface area contributed by atoms with Gasteiger partial charge >= 0.3 is 0 Å². The first-order valence-electron chi connectivity index (χ1n) is 11.7. The van der Waals surface area contributed by atoms with Crippen molar-refractivity contribution in [3.8, 4) is 10.8 Å². The number of anilines is 1. The molecule has 1 aliphatic heterocycles. The van der Waals surface area contributed by atoms with E-state index in [1.807, 2.05) is 4.90 Å². The molecule has 208 valence electrons. The lowest BCUT2D eigenvalue weighted by atomic mass is 10.1. The molecule has 1 saturated carbocycles. The number of aromatic nitrogens is 4. The molecule has 2 aliphatic rings. The number of halogens is 3. The van der Waals surface area contributed by atoms with Gasteiger partial charge in [-0.05, 0) is 32.8 Å². The number of hydrogen-bond donors (Lipinski definition) is 1. The van der Waals surface area contributed by atoms with Gasteiger partial charge in [0.2, 0.25) is 20.0 Å². The topological polar surface area (TPSA) is 130 Å². The van der Waals surface area contributed by atoms with Crippen LogP contribution in [-0.2, 0) is 20.0 Å². The summed E-state index contributed by atoms with van der Waals surface area (Å²) in [5, 5.41) is 6.88. The highest BCUT2D eigenvalue weighted by Gasteiger charge is 2.46. The van der Waals surface area contributed by atoms with Crippen molar-refractivity contribution >= 4 is 42.6 Å². The van der Waals surface area contributed by atoms with Crippen molar-refractivity contribution in [1.29, 1.82) is 0 Å². The highest BCUT2D eigenvalue weighted by Crippen LogP contribution is 2.39. The van der Waals surface area contributed by atoms with Crippen LogP contribution in [0.15, 0.2) is 23.4 Å². The number of nitrogens with zero attached hydrogens (tertiary/aromatic N) is 6. The van der Waals surface area contributed by atoms with Gasteiger partial charge in [-0.3, -0.25) is 4.40 Å². The Labute approximate surface area is 221 Å². The Kier molecular flexibility index (Phi) is 6.73. The smallest absolute Gasteiger partial charge is 0.291 e. The summed E-state index contributed by atoms with van der Waals surface area (Å²) in [6.45, 7) is 3.19. The van der Waals surface area contributed by atoms with Gasteiger partial charge < -0.3 is 4.90 Å². The molecule has 4 heterocycles. The van der Waals surface area contributed by atoms with E-state index in [4.69, 9.17) is 0 Å². The van der Waals surface area contributed by atoms with E-state index >= 15 is 0 Å². The Balaban J connectivity index is 1.64. The Morgan fingerprint density at radius 3 is 2.34 bits per heavy atom. The molecule has 17 heteroatoms. The highest BCUT2D eigenvalue weighted by molar-refractivity contribution is 7.89. The summed E-state index contributed by atoms with van der Waals surface area (Å²) < 4.78 is 96.6. The van der Waals surface area contributed by atoms with Crippen LogP contribution in [-0.4, -0.2) is 84.4 Å². The van der Waals surface area contributed by atoms with Gasteiger partial charge in [0.1, 0.15) is 11.6 Å². The predicted molar refractivity (Wildman–Crippen MR) is 135 cm³/mol. The standard InChI is InChI=1S/C21H26F3N7O4S3/c1-12-8-29(9-13(2)31(12)37(3,32)33)15-6-14(38(34,35)28-21(11-22)4-5-21)10-30-16(15)7-25-18(30)20-27-26-19(36-20)17(23)24/h6-7,10,12-13,17,28H,4-5,8-9,11H2,1-3H3/t12-,13-/m0/s1. The molecule has 0 radical (unpaired) electrons. The fraction of sp³-hybridized carbons (Fsp3) is 0.571. The Morgan fingerprint density at radius 1 is 1.16 bits per heavy atom. The van der Waals surface area contributed by atoms with E-state index in [9.17, 15) is 30.0 Å². The zero-order valence-corrected chi connectivity index (χ0v) is 23.1. The van der Waals surface area contributed by atoms with E-state index in [0.717, 1.165) is 6.26 Å². The molecule has 11 nitrogen and oxygen atoms in total. The maximum atomic E-state index is 13.5. The van der Waals surface area contributed by atoms with Gasteiger partial charge in [0.25, 0.3) is 6.43 Å². The first-order valence-corrected chi connectivity index (χ1v) is 15.9. The highest BCUT2D eigenvalue weighted by atomic mass is 32.2. The van der Waals surface area contributed by atoms with E-state index in [1.54, 1.807) is 13.8 Å². The van der Waals surface area contributed by atoms with Crippen LogP contribution < -0.4 is 9.62 Å². The summed E-state index contributed by atoms with van der Waals surface area (Å²) in [5.74, 6) is 0.116. The van der Waals surface area contributed by atoms with Gasteiger partial charge in [-0.2, -0.15) is 4.31 Å². The van der Waals surface area contributed by atoms with Crippen LogP contribution in [0.4, 0.5) is 18.9 Å². The van der Waals surface area contributed by atoms with Crippen LogP contribution in [0.3, 0.4) is 0 Å². The minimum Gasteiger partial charge on any atom is -0.367 e. The number of pyridine rings is 1. The zero-order valence-electron chi connectivity index (χ0n) is 20.7. The monoisotopic (exact) mass is 593 g/mol. The van der Waals surface area contributed by atoms with Crippen LogP contribution in [0.25, 0.3) is 16.3 Å². The first-order chi connectivity index (χ1) is 17.7. The molecule has 0 aromatic carbocycles. The number of sulfonamides is 2. The largest absolute Gasteiger partial charge is 0.367 e. The number of rotatable bonds is 8. The third kappa shape index (κ3) is 4.89. The van der Waals surface area contributed by atoms with Crippen molar-refractivity contribution in [2.75, 3.05) is 30.9 Å². The molecule has 38 heavy (non-hydrogen) atoms. The van der Waals surface area contributed by atoms with Crippen LogP contribution in [0.2, 0.25) is 0 Å². The molecule has 1 saturated heterocycles. The van der Waals surface area contributed by atoms with Gasteiger partial charge in [0, 0.05) is 31.4 Å². The third-order valence-corrected chi connectivity index (χ3v) is 10.7. The molecule has 1 N–H and O–H groups in total. The maximum Gasteiger partial charge on any atom is 0.291 e. The van der Waals surface area contributed by atoms with E-state index in [-0.39, 0.29) is 28.8 Å². The summed E-state index contributed by atoms with van der Waals surface area (Å²) in [6, 6.07) is 0.595. The fourth-order valence-electron chi connectivity index (χ4n) is 4.94. The van der Waals surface area contributed by atoms with Gasteiger partial charge in [-0.25, -0.2) is 39.7 Å². The normalized spacial score (nSPS) is 22.4. The minimum absolute atomic E-state index is 0.0693. The van der Waals surface area contributed by atoms with E-state index < -0.39 is 55.8 Å². The number of fused-ring (bicyclic) bond motifs is 1. The Morgan fingerprint density at radius 2 is 1.82 bits per heavy atom. The number of hydrogen-bond acceptors (Lipinski definition) is 9. The number of nitrogens with one attached hydrogen (secondary N) is 1. The van der Waals surface area contributed by atoms with Gasteiger partial charge in [-0.15, -0.1) is 10.2 Å². The lowest BCUT2D eigenvalue weighted by molar-refractivity contribution is 0.150. The van der Waals surface area contributed by atoms with E-state index in [1.165, 1.54) is 27.2 Å². The second kappa shape index (κ2) is 9.39. The zero-order chi connectivity index (χ0) is 27.6. The maximum absolute atomic E-state index is 13.5. The van der Waals surface area contributed by atoms with E-state index in [2.05, 4.69) is 19.9 Å². The fourth-order valence-corrected chi connectivity index (χ4v) is 8.53. The van der Waals surface area contributed by atoms with Crippen molar-refractivity contribution in [3.05, 3.63) is 23.5 Å². The Hall–Kier alpha value is -2.34. The third-order valence-electron chi connectivity index (χ3n) is 6.75. The molecular weight excluding hydrogens is 567 g/mol. The molecule has 2 fully saturated rings. The number of alkyl halides is 3. The van der Waals surface area contributed by atoms with Crippen molar-refractivity contribution < 1.29 is 30.0 Å². The molecular formula is C21H26F3N7O4S3. The molecule has 0 spiro atoms. The quantitative estimate of drug-likeness (QED) is 0.422. The second-order valence-corrected chi connectivity index (χ2v) is 14.4. The van der Waals surface area contributed by atoms with Crippen molar-refractivity contribution in [2.24, 2.45) is 0 Å². The molecule has 2 atom stereocenters. The van der Waals surface area contributed by atoms with Gasteiger partial charge in [0.05, 0.1) is 29.2 Å². The van der Waals surface area contributed by atoms with Gasteiger partial charge in [-0.1, -0.05) is 11.3 Å². The average molecular weight is 594 g/mol. The minimum atomic E-state index is -4.19. The molecule has 3 aromatic heterocycles. The van der Waals surface area contributed by atoms with Crippen LogP contribution in [0.1, 0.15) is 38.1 Å². The lowest BCUT2D eigenvalue weighted by Crippen LogP contribution is -2.58. The van der Waals surface area contributed by atoms with Crippen molar-refractivity contribution in [1.82, 2.24) is 28.6 Å². The summed E-state index contributed by atoms with van der Waals surface area (Å²) in [4.78, 5) is 6.02. The molecule has 5 rings (SSSR count). The predicted octanol–water partition coefficient (Wildman–Crippen LogP) is 2.43. The summed E-state index contributed by atoms with van der Waals surface area (Å²) in [6.07, 6.45) is 1.83. The van der Waals surface area contributed by atoms with Gasteiger partial charge in [0.15, 0.2) is 15.8 Å². The molecule has 1 aliphatic carbocycles. The van der Waals surface area contributed by atoms with Crippen LogP contribution in [0, 0.1) is 0 Å². The van der Waals surface area contributed by atoms with E-state index in [0.29, 0.717) is 35.4 Å².